The maximum Gasteiger partial charge on any atom is 0.335 e. The number of carboxylic acids is 1. The Bertz CT molecular complexity index is 772. The number of hydrogen-bond donors (Lipinski definition) is 2. The van der Waals surface area contributed by atoms with Gasteiger partial charge in [0.25, 0.3) is 0 Å². The van der Waals surface area contributed by atoms with Crippen LogP contribution in [0.3, 0.4) is 0 Å². The Labute approximate surface area is 115 Å². The van der Waals surface area contributed by atoms with Gasteiger partial charge < -0.3 is 14.8 Å². The second-order valence-corrected chi connectivity index (χ2v) is 4.52. The van der Waals surface area contributed by atoms with E-state index < -0.39 is 5.97 Å². The van der Waals surface area contributed by atoms with Gasteiger partial charge in [-0.1, -0.05) is 0 Å². The monoisotopic (exact) mass is 267 g/mol. The van der Waals surface area contributed by atoms with Crippen molar-refractivity contribution in [3.05, 3.63) is 54.1 Å². The molecule has 0 radical (unpaired) electrons. The first kappa shape index (κ1) is 12.3. The third-order valence-electron chi connectivity index (χ3n) is 3.27. The second-order valence-electron chi connectivity index (χ2n) is 4.52. The molecule has 1 aromatic heterocycles. The summed E-state index contributed by atoms with van der Waals surface area (Å²) in [6.45, 7) is 0. The van der Waals surface area contributed by atoms with Crippen LogP contribution in [0.5, 0.6) is 5.75 Å². The summed E-state index contributed by atoms with van der Waals surface area (Å²) in [5.74, 6) is -0.114. The molecule has 0 unspecified atom stereocenters. The topological polar surface area (TPSA) is 62.3 Å². The Morgan fingerprint density at radius 1 is 1.10 bits per heavy atom. The minimum absolute atomic E-state index is 0.290. The molecule has 0 bridgehead atoms. The van der Waals surface area contributed by atoms with E-state index in [1.54, 1.807) is 25.3 Å². The molecule has 0 aliphatic rings. The number of methoxy groups -OCH3 is 1. The lowest BCUT2D eigenvalue weighted by Crippen LogP contribution is -1.94. The minimum atomic E-state index is -0.918. The van der Waals surface area contributed by atoms with Gasteiger partial charge in [0.1, 0.15) is 5.75 Å². The van der Waals surface area contributed by atoms with Crippen LogP contribution in [0.4, 0.5) is 0 Å². The average Bonchev–Trinajstić information content (AvgIpc) is 2.90. The van der Waals surface area contributed by atoms with Gasteiger partial charge in [-0.15, -0.1) is 0 Å². The smallest absolute Gasteiger partial charge is 0.335 e. The summed E-state index contributed by atoms with van der Waals surface area (Å²) in [5, 5.41) is 9.89. The van der Waals surface area contributed by atoms with Crippen molar-refractivity contribution in [2.24, 2.45) is 0 Å². The second kappa shape index (κ2) is 4.74. The quantitative estimate of drug-likeness (QED) is 0.763. The first-order chi connectivity index (χ1) is 9.67. The number of ether oxygens (including phenoxy) is 1. The van der Waals surface area contributed by atoms with E-state index in [1.165, 1.54) is 0 Å². The molecule has 3 aromatic rings. The summed E-state index contributed by atoms with van der Waals surface area (Å²) in [7, 11) is 1.63. The van der Waals surface area contributed by atoms with Gasteiger partial charge in [-0.25, -0.2) is 4.79 Å². The molecule has 100 valence electrons. The van der Waals surface area contributed by atoms with Crippen molar-refractivity contribution >= 4 is 16.9 Å². The Morgan fingerprint density at radius 3 is 2.50 bits per heavy atom. The van der Waals surface area contributed by atoms with Crippen LogP contribution in [0.1, 0.15) is 10.4 Å². The number of hydrogen-bond acceptors (Lipinski definition) is 2. The summed E-state index contributed by atoms with van der Waals surface area (Å²) in [5.41, 5.74) is 3.18. The lowest BCUT2D eigenvalue weighted by molar-refractivity contribution is 0.0697. The van der Waals surface area contributed by atoms with E-state index in [4.69, 9.17) is 9.84 Å². The van der Waals surface area contributed by atoms with Crippen LogP contribution in [0.25, 0.3) is 22.2 Å². The van der Waals surface area contributed by atoms with Crippen LogP contribution in [-0.2, 0) is 0 Å². The van der Waals surface area contributed by atoms with Crippen molar-refractivity contribution in [1.82, 2.24) is 4.98 Å². The molecule has 0 fully saturated rings. The van der Waals surface area contributed by atoms with Gasteiger partial charge in [0.05, 0.1) is 12.7 Å². The van der Waals surface area contributed by atoms with E-state index in [0.717, 1.165) is 27.9 Å². The normalized spacial score (nSPS) is 10.7. The summed E-state index contributed by atoms with van der Waals surface area (Å²) in [6.07, 6.45) is 0. The molecule has 4 heteroatoms. The average molecular weight is 267 g/mol. The largest absolute Gasteiger partial charge is 0.497 e. The Morgan fingerprint density at radius 2 is 1.85 bits per heavy atom. The van der Waals surface area contributed by atoms with E-state index >= 15 is 0 Å². The summed E-state index contributed by atoms with van der Waals surface area (Å²) >= 11 is 0. The molecule has 0 atom stereocenters. The number of carboxylic acid groups (broad SMARTS) is 1. The molecular formula is C16H13NO3. The van der Waals surface area contributed by atoms with Crippen LogP contribution < -0.4 is 4.74 Å². The van der Waals surface area contributed by atoms with Crippen molar-refractivity contribution in [3.8, 4) is 17.0 Å². The first-order valence-corrected chi connectivity index (χ1v) is 6.18. The molecule has 0 spiro atoms. The fraction of sp³-hybridized carbons (Fsp3) is 0.0625. The third-order valence-corrected chi connectivity index (χ3v) is 3.27. The molecule has 20 heavy (non-hydrogen) atoms. The van der Waals surface area contributed by atoms with Crippen LogP contribution in [0.15, 0.2) is 48.5 Å². The number of H-pyrrole nitrogens is 1. The number of aromatic nitrogens is 1. The third kappa shape index (κ3) is 2.12. The van der Waals surface area contributed by atoms with Gasteiger partial charge in [0.15, 0.2) is 0 Å². The molecule has 0 amide bonds. The molecule has 1 heterocycles. The molecule has 0 aliphatic carbocycles. The Balaban J connectivity index is 2.05. The van der Waals surface area contributed by atoms with Gasteiger partial charge in [-0.3, -0.25) is 0 Å². The molecule has 2 N–H and O–H groups in total. The molecular weight excluding hydrogens is 254 g/mol. The van der Waals surface area contributed by atoms with Crippen molar-refractivity contribution < 1.29 is 14.6 Å². The Kier molecular flexibility index (Phi) is 2.91. The van der Waals surface area contributed by atoms with Gasteiger partial charge in [0.2, 0.25) is 0 Å². The highest BCUT2D eigenvalue weighted by atomic mass is 16.5. The van der Waals surface area contributed by atoms with Crippen LogP contribution in [0, 0.1) is 0 Å². The molecule has 0 saturated heterocycles. The SMILES string of the molecule is COc1ccc(-c2cc3cc(C(=O)O)ccc3[nH]2)cc1. The minimum Gasteiger partial charge on any atom is -0.497 e. The zero-order chi connectivity index (χ0) is 14.1. The summed E-state index contributed by atoms with van der Waals surface area (Å²) in [4.78, 5) is 14.2. The molecule has 0 aliphatic heterocycles. The maximum atomic E-state index is 11.0. The van der Waals surface area contributed by atoms with Crippen molar-refractivity contribution in [1.29, 1.82) is 0 Å². The van der Waals surface area contributed by atoms with E-state index in [-0.39, 0.29) is 5.56 Å². The van der Waals surface area contributed by atoms with Crippen molar-refractivity contribution in [2.75, 3.05) is 7.11 Å². The van der Waals surface area contributed by atoms with Gasteiger partial charge in [-0.2, -0.15) is 0 Å². The number of benzene rings is 2. The predicted molar refractivity (Wildman–Crippen MR) is 77.2 cm³/mol. The standard InChI is InChI=1S/C16H13NO3/c1-20-13-5-2-10(3-6-13)15-9-12-8-11(16(18)19)4-7-14(12)17-15/h2-9,17H,1H3,(H,18,19). The molecule has 2 aromatic carbocycles. The van der Waals surface area contributed by atoms with E-state index in [1.807, 2.05) is 30.3 Å². The zero-order valence-electron chi connectivity index (χ0n) is 10.9. The summed E-state index contributed by atoms with van der Waals surface area (Å²) < 4.78 is 5.13. The van der Waals surface area contributed by atoms with Crippen molar-refractivity contribution in [2.45, 2.75) is 0 Å². The zero-order valence-corrected chi connectivity index (χ0v) is 10.9. The fourth-order valence-electron chi connectivity index (χ4n) is 2.19. The highest BCUT2D eigenvalue weighted by molar-refractivity contribution is 5.95. The number of carbonyl (C=O) groups is 1. The fourth-order valence-corrected chi connectivity index (χ4v) is 2.19. The molecule has 0 saturated carbocycles. The first-order valence-electron chi connectivity index (χ1n) is 6.18. The van der Waals surface area contributed by atoms with E-state index in [9.17, 15) is 4.79 Å². The van der Waals surface area contributed by atoms with E-state index in [0.29, 0.717) is 0 Å². The Hall–Kier alpha value is -2.75. The highest BCUT2D eigenvalue weighted by Crippen LogP contribution is 2.26. The molecule has 4 nitrogen and oxygen atoms in total. The maximum absolute atomic E-state index is 11.0. The lowest BCUT2D eigenvalue weighted by Gasteiger charge is -2.01. The van der Waals surface area contributed by atoms with Gasteiger partial charge in [0, 0.05) is 16.6 Å². The summed E-state index contributed by atoms with van der Waals surface area (Å²) in [6, 6.07) is 14.7. The van der Waals surface area contributed by atoms with Gasteiger partial charge in [-0.05, 0) is 54.1 Å². The van der Waals surface area contributed by atoms with Crippen LogP contribution in [0.2, 0.25) is 0 Å². The highest BCUT2D eigenvalue weighted by Gasteiger charge is 2.07. The molecule has 3 rings (SSSR count). The number of rotatable bonds is 3. The van der Waals surface area contributed by atoms with Crippen LogP contribution >= 0.6 is 0 Å². The van der Waals surface area contributed by atoms with Crippen LogP contribution in [-0.4, -0.2) is 23.2 Å². The number of fused-ring (bicyclic) bond motifs is 1. The predicted octanol–water partition coefficient (Wildman–Crippen LogP) is 3.54. The van der Waals surface area contributed by atoms with Gasteiger partial charge >= 0.3 is 5.97 Å². The van der Waals surface area contributed by atoms with Crippen molar-refractivity contribution in [3.63, 3.8) is 0 Å². The number of aromatic amines is 1. The van der Waals surface area contributed by atoms with E-state index in [2.05, 4.69) is 4.98 Å². The lowest BCUT2D eigenvalue weighted by atomic mass is 10.1. The number of aromatic carboxylic acids is 1. The number of nitrogens with one attached hydrogen (secondary N) is 1.